The molecule has 0 aromatic carbocycles. The number of aromatic amines is 1. The van der Waals surface area contributed by atoms with Crippen molar-refractivity contribution in [3.05, 3.63) is 21.9 Å². The number of carbonyl (C=O) groups is 1. The van der Waals surface area contributed by atoms with Crippen LogP contribution in [0.5, 0.6) is 6.01 Å². The number of nitrogens with one attached hydrogen (secondary N) is 2. The summed E-state index contributed by atoms with van der Waals surface area (Å²) in [5.74, 6) is 0.699. The Balaban J connectivity index is 1.62. The number of ether oxygens (including phenoxy) is 1. The number of thiophene rings is 1. The van der Waals surface area contributed by atoms with Gasteiger partial charge in [0.05, 0.1) is 7.11 Å². The Morgan fingerprint density at radius 2 is 2.47 bits per heavy atom. The molecule has 1 amide bonds. The molecule has 6 nitrogen and oxygen atoms in total. The first-order chi connectivity index (χ1) is 9.19. The molecule has 1 fully saturated rings. The van der Waals surface area contributed by atoms with Crippen LogP contribution in [-0.2, 0) is 4.79 Å². The first-order valence-corrected chi connectivity index (χ1v) is 6.88. The normalized spacial score (nSPS) is 21.2. The van der Waals surface area contributed by atoms with Crippen molar-refractivity contribution in [1.82, 2.24) is 15.2 Å². The minimum absolute atomic E-state index is 0.0170. The highest BCUT2D eigenvalue weighted by Crippen LogP contribution is 2.50. The molecule has 2 aromatic rings. The zero-order valence-electron chi connectivity index (χ0n) is 10.6. The number of carbonyl (C=O) groups excluding carboxylic acids is 1. The summed E-state index contributed by atoms with van der Waals surface area (Å²) in [6.07, 6.45) is 0.901. The molecule has 2 heterocycles. The second-order valence-electron chi connectivity index (χ2n) is 4.58. The van der Waals surface area contributed by atoms with Crippen LogP contribution >= 0.6 is 11.3 Å². The molecule has 2 atom stereocenters. The Bertz CT molecular complexity index is 606. The quantitative estimate of drug-likeness (QED) is 0.895. The van der Waals surface area contributed by atoms with Gasteiger partial charge in [0, 0.05) is 16.7 Å². The predicted molar refractivity (Wildman–Crippen MR) is 71.5 cm³/mol. The van der Waals surface area contributed by atoms with E-state index in [0.29, 0.717) is 11.9 Å². The molecule has 0 radical (unpaired) electrons. The van der Waals surface area contributed by atoms with E-state index in [9.17, 15) is 4.79 Å². The van der Waals surface area contributed by atoms with Crippen molar-refractivity contribution < 1.29 is 9.53 Å². The minimum atomic E-state index is -0.0170. The van der Waals surface area contributed by atoms with Gasteiger partial charge >= 0.3 is 6.01 Å². The molecule has 7 heteroatoms. The van der Waals surface area contributed by atoms with Gasteiger partial charge in [0.2, 0.25) is 11.9 Å². The largest absolute Gasteiger partial charge is 0.466 e. The van der Waals surface area contributed by atoms with Gasteiger partial charge in [-0.25, -0.2) is 5.10 Å². The van der Waals surface area contributed by atoms with E-state index in [1.54, 1.807) is 11.3 Å². The number of aromatic nitrogens is 3. The van der Waals surface area contributed by atoms with E-state index in [0.717, 1.165) is 6.42 Å². The summed E-state index contributed by atoms with van der Waals surface area (Å²) in [5, 5.41) is 11.2. The molecule has 2 N–H and O–H groups in total. The van der Waals surface area contributed by atoms with Gasteiger partial charge in [-0.2, -0.15) is 4.98 Å². The van der Waals surface area contributed by atoms with Gasteiger partial charge in [-0.05, 0) is 30.4 Å². The highest BCUT2D eigenvalue weighted by Gasteiger charge is 2.45. The van der Waals surface area contributed by atoms with Crippen molar-refractivity contribution in [1.29, 1.82) is 0 Å². The van der Waals surface area contributed by atoms with Crippen molar-refractivity contribution in [2.75, 3.05) is 12.4 Å². The molecular formula is C12H14N4O2S. The number of hydrogen-bond acceptors (Lipinski definition) is 5. The number of rotatable bonds is 4. The number of amides is 1. The standard InChI is InChI=1S/C12H14N4O2S/c1-6-3-4-19-9(6)7-5-8(7)10(17)13-11-14-12(18-2)16-15-11/h3-4,7-8H,5H2,1-2H3,(H2,13,14,15,16,17)/t7-,8+/m0/s1. The summed E-state index contributed by atoms with van der Waals surface area (Å²) in [4.78, 5) is 17.3. The third-order valence-corrected chi connectivity index (χ3v) is 4.41. The van der Waals surface area contributed by atoms with Crippen molar-refractivity contribution in [2.45, 2.75) is 19.3 Å². The third kappa shape index (κ3) is 2.33. The molecule has 1 saturated carbocycles. The molecule has 0 saturated heterocycles. The summed E-state index contributed by atoms with van der Waals surface area (Å²) in [7, 11) is 1.48. The highest BCUT2D eigenvalue weighted by atomic mass is 32.1. The van der Waals surface area contributed by atoms with E-state index < -0.39 is 0 Å². The van der Waals surface area contributed by atoms with Gasteiger partial charge in [0.1, 0.15) is 0 Å². The average Bonchev–Trinajstić information content (AvgIpc) is 2.86. The lowest BCUT2D eigenvalue weighted by Gasteiger charge is -2.00. The van der Waals surface area contributed by atoms with Crippen molar-refractivity contribution in [3.63, 3.8) is 0 Å². The predicted octanol–water partition coefficient (Wildman–Crippen LogP) is 1.93. The maximum atomic E-state index is 12.1. The SMILES string of the molecule is COc1n[nH]c(NC(=O)[C@@H]2C[C@@H]2c2sccc2C)n1. The molecule has 0 spiro atoms. The second kappa shape index (κ2) is 4.65. The maximum absolute atomic E-state index is 12.1. The summed E-state index contributed by atoms with van der Waals surface area (Å²) in [6.45, 7) is 2.08. The van der Waals surface area contributed by atoms with E-state index in [1.165, 1.54) is 17.6 Å². The summed E-state index contributed by atoms with van der Waals surface area (Å²) < 4.78 is 4.85. The fourth-order valence-corrected chi connectivity index (χ4v) is 3.25. The van der Waals surface area contributed by atoms with Gasteiger partial charge in [0.25, 0.3) is 0 Å². The Morgan fingerprint density at radius 1 is 1.63 bits per heavy atom. The van der Waals surface area contributed by atoms with E-state index in [4.69, 9.17) is 4.74 Å². The van der Waals surface area contributed by atoms with Crippen LogP contribution in [0.15, 0.2) is 11.4 Å². The van der Waals surface area contributed by atoms with Gasteiger partial charge in [0.15, 0.2) is 0 Å². The second-order valence-corrected chi connectivity index (χ2v) is 5.52. The summed E-state index contributed by atoms with van der Waals surface area (Å²) in [5.41, 5.74) is 1.27. The van der Waals surface area contributed by atoms with Gasteiger partial charge in [-0.15, -0.1) is 16.4 Å². The van der Waals surface area contributed by atoms with Crippen molar-refractivity contribution in [2.24, 2.45) is 5.92 Å². The van der Waals surface area contributed by atoms with Gasteiger partial charge in [-0.3, -0.25) is 10.1 Å². The molecule has 1 aliphatic rings. The van der Waals surface area contributed by atoms with Crippen LogP contribution in [0, 0.1) is 12.8 Å². The lowest BCUT2D eigenvalue weighted by atomic mass is 10.2. The Morgan fingerprint density at radius 3 is 3.11 bits per heavy atom. The van der Waals surface area contributed by atoms with E-state index in [1.807, 2.05) is 0 Å². The molecule has 3 rings (SSSR count). The van der Waals surface area contributed by atoms with Crippen molar-refractivity contribution in [3.8, 4) is 6.01 Å². The fraction of sp³-hybridized carbons (Fsp3) is 0.417. The lowest BCUT2D eigenvalue weighted by molar-refractivity contribution is -0.117. The zero-order valence-corrected chi connectivity index (χ0v) is 11.5. The molecule has 2 aromatic heterocycles. The zero-order chi connectivity index (χ0) is 13.4. The van der Waals surface area contributed by atoms with Crippen LogP contribution < -0.4 is 10.1 Å². The van der Waals surface area contributed by atoms with Crippen LogP contribution in [0.3, 0.4) is 0 Å². The average molecular weight is 278 g/mol. The van der Waals surface area contributed by atoms with Crippen LogP contribution in [-0.4, -0.2) is 28.2 Å². The van der Waals surface area contributed by atoms with Crippen LogP contribution in [0.2, 0.25) is 0 Å². The number of methoxy groups -OCH3 is 1. The van der Waals surface area contributed by atoms with Crippen LogP contribution in [0.4, 0.5) is 5.95 Å². The number of anilines is 1. The Kier molecular flexibility index (Phi) is 2.98. The molecule has 0 unspecified atom stereocenters. The minimum Gasteiger partial charge on any atom is -0.466 e. The monoisotopic (exact) mass is 278 g/mol. The third-order valence-electron chi connectivity index (χ3n) is 3.25. The number of nitrogens with zero attached hydrogens (tertiary/aromatic N) is 2. The van der Waals surface area contributed by atoms with Gasteiger partial charge < -0.3 is 4.74 Å². The summed E-state index contributed by atoms with van der Waals surface area (Å²) in [6, 6.07) is 2.31. The van der Waals surface area contributed by atoms with Crippen LogP contribution in [0.1, 0.15) is 22.8 Å². The first-order valence-electron chi connectivity index (χ1n) is 6.00. The van der Waals surface area contributed by atoms with Crippen molar-refractivity contribution >= 4 is 23.2 Å². The van der Waals surface area contributed by atoms with Crippen LogP contribution in [0.25, 0.3) is 0 Å². The molecule has 100 valence electrons. The molecule has 0 aliphatic heterocycles. The Labute approximate surface area is 114 Å². The molecule has 0 bridgehead atoms. The number of aryl methyl sites for hydroxylation is 1. The lowest BCUT2D eigenvalue weighted by Crippen LogP contribution is -2.15. The number of hydrogen-bond donors (Lipinski definition) is 2. The molecule has 19 heavy (non-hydrogen) atoms. The first kappa shape index (κ1) is 12.2. The van der Waals surface area contributed by atoms with Gasteiger partial charge in [-0.1, -0.05) is 0 Å². The molecular weight excluding hydrogens is 264 g/mol. The van der Waals surface area contributed by atoms with E-state index in [-0.39, 0.29) is 17.8 Å². The summed E-state index contributed by atoms with van der Waals surface area (Å²) >= 11 is 1.72. The maximum Gasteiger partial charge on any atom is 0.336 e. The highest BCUT2D eigenvalue weighted by molar-refractivity contribution is 7.10. The fourth-order valence-electron chi connectivity index (χ4n) is 2.14. The Hall–Kier alpha value is -1.89. The smallest absolute Gasteiger partial charge is 0.336 e. The van der Waals surface area contributed by atoms with E-state index in [2.05, 4.69) is 38.9 Å². The topological polar surface area (TPSA) is 79.9 Å². The number of H-pyrrole nitrogens is 1. The van der Waals surface area contributed by atoms with E-state index >= 15 is 0 Å². The molecule has 1 aliphatic carbocycles.